The maximum absolute atomic E-state index is 12.9. The monoisotopic (exact) mass is 506 g/mol. The fourth-order valence-electron chi connectivity index (χ4n) is 5.39. The number of rotatable bonds is 7. The van der Waals surface area contributed by atoms with Gasteiger partial charge >= 0.3 is 0 Å². The molecule has 9 nitrogen and oxygen atoms in total. The van der Waals surface area contributed by atoms with Gasteiger partial charge in [0.15, 0.2) is 10.8 Å². The molecule has 4 aromatic heterocycles. The van der Waals surface area contributed by atoms with Gasteiger partial charge in [-0.2, -0.15) is 0 Å². The highest BCUT2D eigenvalue weighted by Crippen LogP contribution is 2.32. The van der Waals surface area contributed by atoms with Gasteiger partial charge in [-0.3, -0.25) is 9.36 Å². The summed E-state index contributed by atoms with van der Waals surface area (Å²) >= 11 is 1.66. The maximum Gasteiger partial charge on any atom is 0.257 e. The van der Waals surface area contributed by atoms with Crippen LogP contribution in [0.5, 0.6) is 0 Å². The molecule has 0 spiro atoms. The van der Waals surface area contributed by atoms with Gasteiger partial charge in [0, 0.05) is 36.3 Å². The maximum atomic E-state index is 12.9. The van der Waals surface area contributed by atoms with E-state index in [4.69, 9.17) is 9.40 Å². The molecule has 0 bridgehead atoms. The van der Waals surface area contributed by atoms with Gasteiger partial charge in [-0.25, -0.2) is 15.0 Å². The zero-order valence-corrected chi connectivity index (χ0v) is 21.2. The van der Waals surface area contributed by atoms with Gasteiger partial charge in [0.05, 0.1) is 12.8 Å². The minimum absolute atomic E-state index is 0.111. The third-order valence-corrected chi connectivity index (χ3v) is 8.39. The first kappa shape index (κ1) is 23.4. The highest BCUT2D eigenvalue weighted by molar-refractivity contribution is 7.99. The minimum atomic E-state index is -0.679. The van der Waals surface area contributed by atoms with E-state index in [1.807, 2.05) is 40.3 Å². The van der Waals surface area contributed by atoms with E-state index in [0.29, 0.717) is 18.8 Å². The van der Waals surface area contributed by atoms with E-state index < -0.39 is 6.10 Å². The van der Waals surface area contributed by atoms with Crippen LogP contribution in [0.15, 0.2) is 51.1 Å². The molecule has 0 aliphatic carbocycles. The molecular weight excluding hydrogens is 476 g/mol. The lowest BCUT2D eigenvalue weighted by Gasteiger charge is -2.34. The van der Waals surface area contributed by atoms with Crippen LogP contribution in [-0.2, 0) is 19.5 Å². The number of hydrogen-bond donors (Lipinski definition) is 1. The van der Waals surface area contributed by atoms with E-state index in [1.165, 1.54) is 0 Å². The molecule has 1 saturated heterocycles. The Morgan fingerprint density at radius 2 is 2.06 bits per heavy atom. The average molecular weight is 507 g/mol. The smallest absolute Gasteiger partial charge is 0.257 e. The van der Waals surface area contributed by atoms with Gasteiger partial charge in [-0.15, -0.1) is 0 Å². The zero-order valence-electron chi connectivity index (χ0n) is 20.3. The third kappa shape index (κ3) is 4.38. The number of nitrogens with zero attached hydrogens (tertiary/aromatic N) is 6. The zero-order chi connectivity index (χ0) is 24.6. The van der Waals surface area contributed by atoms with Crippen molar-refractivity contribution < 1.29 is 9.52 Å². The lowest BCUT2D eigenvalue weighted by molar-refractivity contribution is 0.0512. The molecule has 6 heterocycles. The highest BCUT2D eigenvalue weighted by Gasteiger charge is 2.30. The van der Waals surface area contributed by atoms with Crippen LogP contribution in [-0.4, -0.2) is 59.5 Å². The molecule has 0 radical (unpaired) electrons. The number of aliphatic hydroxyl groups is 1. The number of likely N-dealkylation sites (tertiary alicyclic amines) is 1. The van der Waals surface area contributed by atoms with Crippen molar-refractivity contribution in [1.29, 1.82) is 0 Å². The summed E-state index contributed by atoms with van der Waals surface area (Å²) in [5.41, 5.74) is 3.34. The van der Waals surface area contributed by atoms with Gasteiger partial charge in [-0.05, 0) is 69.5 Å². The summed E-state index contributed by atoms with van der Waals surface area (Å²) in [5.74, 6) is 2.48. The SMILES string of the molecule is Cc1nc2n(c(=O)c1CCN1CCC(C(O)c3nc4cccnc4n3Cc3ccco3)CC1)CCS2. The van der Waals surface area contributed by atoms with Crippen molar-refractivity contribution in [3.63, 3.8) is 0 Å². The second-order valence-corrected chi connectivity index (χ2v) is 10.7. The predicted molar refractivity (Wildman–Crippen MR) is 137 cm³/mol. The second kappa shape index (κ2) is 9.84. The average Bonchev–Trinajstić information content (AvgIpc) is 3.65. The number of pyridine rings is 1. The Morgan fingerprint density at radius 3 is 2.86 bits per heavy atom. The van der Waals surface area contributed by atoms with Gasteiger partial charge in [0.25, 0.3) is 5.56 Å². The van der Waals surface area contributed by atoms with Crippen LogP contribution < -0.4 is 5.56 Å². The van der Waals surface area contributed by atoms with Gasteiger partial charge in [0.2, 0.25) is 0 Å². The molecule has 0 saturated carbocycles. The molecule has 2 aliphatic rings. The molecular formula is C26H30N6O3S. The van der Waals surface area contributed by atoms with Gasteiger partial charge in [-0.1, -0.05) is 11.8 Å². The first-order valence-corrected chi connectivity index (χ1v) is 13.5. The molecule has 2 aliphatic heterocycles. The van der Waals surface area contributed by atoms with Crippen LogP contribution in [0.2, 0.25) is 0 Å². The van der Waals surface area contributed by atoms with Crippen molar-refractivity contribution in [2.45, 2.75) is 50.5 Å². The Hall–Kier alpha value is -2.95. The Morgan fingerprint density at radius 1 is 1.19 bits per heavy atom. The number of aliphatic hydroxyl groups excluding tert-OH is 1. The van der Waals surface area contributed by atoms with E-state index >= 15 is 0 Å². The van der Waals surface area contributed by atoms with Crippen molar-refractivity contribution in [1.82, 2.24) is 29.0 Å². The molecule has 188 valence electrons. The van der Waals surface area contributed by atoms with E-state index in [-0.39, 0.29) is 11.5 Å². The standard InChI is InChI=1S/C26H30N6O3S/c1-17-20(25(34)31-13-15-36-26(31)28-17)8-12-30-10-6-18(7-11-30)22(33)24-29-21-5-2-9-27-23(21)32(24)16-19-4-3-14-35-19/h2-5,9,14,18,22,33H,6-8,10-13,15-16H2,1H3. The van der Waals surface area contributed by atoms with E-state index in [2.05, 4.69) is 14.9 Å². The number of thioether (sulfide) groups is 1. The van der Waals surface area contributed by atoms with Gasteiger partial charge < -0.3 is 19.0 Å². The van der Waals surface area contributed by atoms with Crippen LogP contribution >= 0.6 is 11.8 Å². The van der Waals surface area contributed by atoms with Crippen molar-refractivity contribution in [2.75, 3.05) is 25.4 Å². The van der Waals surface area contributed by atoms with Crippen LogP contribution in [0.4, 0.5) is 0 Å². The minimum Gasteiger partial charge on any atom is -0.467 e. The molecule has 4 aromatic rings. The molecule has 1 unspecified atom stereocenters. The van der Waals surface area contributed by atoms with Crippen LogP contribution in [0, 0.1) is 12.8 Å². The lowest BCUT2D eigenvalue weighted by atomic mass is 9.90. The number of aromatic nitrogens is 5. The largest absolute Gasteiger partial charge is 0.467 e. The fraction of sp³-hybridized carbons (Fsp3) is 0.462. The van der Waals surface area contributed by atoms with Crippen LogP contribution in [0.1, 0.15) is 41.8 Å². The molecule has 6 rings (SSSR count). The normalized spacial score (nSPS) is 17.6. The molecule has 0 amide bonds. The molecule has 1 N–H and O–H groups in total. The fourth-order valence-corrected chi connectivity index (χ4v) is 6.38. The number of hydrogen-bond acceptors (Lipinski definition) is 8. The summed E-state index contributed by atoms with van der Waals surface area (Å²) in [6, 6.07) is 7.58. The predicted octanol–water partition coefficient (Wildman–Crippen LogP) is 3.03. The molecule has 1 fully saturated rings. The van der Waals surface area contributed by atoms with Crippen molar-refractivity contribution in [2.24, 2.45) is 5.92 Å². The van der Waals surface area contributed by atoms with Crippen molar-refractivity contribution in [3.05, 3.63) is 69.9 Å². The van der Waals surface area contributed by atoms with Gasteiger partial charge in [0.1, 0.15) is 23.2 Å². The molecule has 0 aromatic carbocycles. The summed E-state index contributed by atoms with van der Waals surface area (Å²) in [6.07, 6.45) is 5.18. The number of aryl methyl sites for hydroxylation is 1. The van der Waals surface area contributed by atoms with Crippen molar-refractivity contribution in [3.8, 4) is 0 Å². The topological polar surface area (TPSA) is 102 Å². The van der Waals surface area contributed by atoms with E-state index in [0.717, 1.165) is 78.1 Å². The second-order valence-electron chi connectivity index (χ2n) is 9.62. The molecule has 1 atom stereocenters. The summed E-state index contributed by atoms with van der Waals surface area (Å²) in [5, 5.41) is 12.2. The number of furan rings is 1. The Labute approximate surface area is 213 Å². The summed E-state index contributed by atoms with van der Waals surface area (Å²) in [6.45, 7) is 5.77. The summed E-state index contributed by atoms with van der Waals surface area (Å²) in [7, 11) is 0. The number of imidazole rings is 1. The first-order valence-electron chi connectivity index (χ1n) is 12.6. The van der Waals surface area contributed by atoms with Crippen molar-refractivity contribution >= 4 is 22.9 Å². The summed E-state index contributed by atoms with van der Waals surface area (Å²) < 4.78 is 9.35. The number of piperidine rings is 1. The Bertz CT molecular complexity index is 1420. The number of fused-ring (bicyclic) bond motifs is 2. The molecule has 10 heteroatoms. The lowest BCUT2D eigenvalue weighted by Crippen LogP contribution is -2.38. The summed E-state index contributed by atoms with van der Waals surface area (Å²) in [4.78, 5) is 29.2. The van der Waals surface area contributed by atoms with E-state index in [1.54, 1.807) is 24.2 Å². The van der Waals surface area contributed by atoms with E-state index in [9.17, 15) is 9.90 Å². The third-order valence-electron chi connectivity index (χ3n) is 7.43. The van der Waals surface area contributed by atoms with Crippen LogP contribution in [0.3, 0.4) is 0 Å². The Kier molecular flexibility index (Phi) is 6.41. The highest BCUT2D eigenvalue weighted by atomic mass is 32.2. The Balaban J connectivity index is 1.13. The first-order chi connectivity index (χ1) is 17.6. The molecule has 36 heavy (non-hydrogen) atoms. The van der Waals surface area contributed by atoms with Crippen LogP contribution in [0.25, 0.3) is 11.2 Å². The quantitative estimate of drug-likeness (QED) is 0.382.